The summed E-state index contributed by atoms with van der Waals surface area (Å²) in [5.41, 5.74) is 0. The van der Waals surface area contributed by atoms with Gasteiger partial charge in [0.05, 0.1) is 0 Å². The SMILES string of the molecule is CC(C)CC(C1CCCNC1)N1CCNCC1. The number of rotatable bonds is 4. The lowest BCUT2D eigenvalue weighted by molar-refractivity contribution is 0.0930. The minimum atomic E-state index is 0.810. The highest BCUT2D eigenvalue weighted by Crippen LogP contribution is 2.25. The Labute approximate surface area is 106 Å². The smallest absolute Gasteiger partial charge is 0.0139 e. The Morgan fingerprint density at radius 3 is 2.47 bits per heavy atom. The van der Waals surface area contributed by atoms with Gasteiger partial charge in [0, 0.05) is 32.2 Å². The van der Waals surface area contributed by atoms with Gasteiger partial charge in [-0.2, -0.15) is 0 Å². The molecule has 3 heteroatoms. The summed E-state index contributed by atoms with van der Waals surface area (Å²) in [6.07, 6.45) is 4.16. The molecular weight excluding hydrogens is 210 g/mol. The van der Waals surface area contributed by atoms with E-state index in [9.17, 15) is 0 Å². The first-order valence-electron chi connectivity index (χ1n) is 7.43. The third-order valence-electron chi connectivity index (χ3n) is 4.21. The zero-order valence-corrected chi connectivity index (χ0v) is 11.5. The van der Waals surface area contributed by atoms with Gasteiger partial charge in [-0.3, -0.25) is 4.90 Å². The van der Waals surface area contributed by atoms with Crippen molar-refractivity contribution in [3.8, 4) is 0 Å². The Bertz CT molecular complexity index is 188. The van der Waals surface area contributed by atoms with Gasteiger partial charge in [0.1, 0.15) is 0 Å². The molecule has 100 valence electrons. The van der Waals surface area contributed by atoms with Crippen LogP contribution in [0.5, 0.6) is 0 Å². The minimum absolute atomic E-state index is 0.810. The van der Waals surface area contributed by atoms with Crippen LogP contribution in [0.3, 0.4) is 0 Å². The normalized spacial score (nSPS) is 29.5. The van der Waals surface area contributed by atoms with Crippen LogP contribution >= 0.6 is 0 Å². The van der Waals surface area contributed by atoms with E-state index in [-0.39, 0.29) is 0 Å². The second-order valence-electron chi connectivity index (χ2n) is 6.09. The van der Waals surface area contributed by atoms with Crippen molar-refractivity contribution in [2.75, 3.05) is 39.3 Å². The van der Waals surface area contributed by atoms with Gasteiger partial charge < -0.3 is 10.6 Å². The maximum Gasteiger partial charge on any atom is 0.0139 e. The van der Waals surface area contributed by atoms with Crippen LogP contribution in [0.25, 0.3) is 0 Å². The van der Waals surface area contributed by atoms with E-state index >= 15 is 0 Å². The molecule has 0 aromatic rings. The van der Waals surface area contributed by atoms with E-state index in [4.69, 9.17) is 0 Å². The first-order valence-corrected chi connectivity index (χ1v) is 7.43. The Morgan fingerprint density at radius 2 is 1.88 bits per heavy atom. The number of hydrogen-bond acceptors (Lipinski definition) is 3. The molecule has 0 amide bonds. The van der Waals surface area contributed by atoms with E-state index in [0.29, 0.717) is 0 Å². The molecule has 0 saturated carbocycles. The minimum Gasteiger partial charge on any atom is -0.316 e. The van der Waals surface area contributed by atoms with Crippen LogP contribution in [-0.2, 0) is 0 Å². The summed E-state index contributed by atoms with van der Waals surface area (Å²) in [4.78, 5) is 2.74. The molecule has 2 atom stereocenters. The van der Waals surface area contributed by atoms with Crippen LogP contribution in [0.2, 0.25) is 0 Å². The lowest BCUT2D eigenvalue weighted by Crippen LogP contribution is -2.53. The topological polar surface area (TPSA) is 27.3 Å². The summed E-state index contributed by atoms with van der Waals surface area (Å²) in [6.45, 7) is 12.0. The van der Waals surface area contributed by atoms with E-state index in [1.807, 2.05) is 0 Å². The number of nitrogens with one attached hydrogen (secondary N) is 2. The molecule has 2 saturated heterocycles. The van der Waals surface area contributed by atoms with Crippen LogP contribution in [0.4, 0.5) is 0 Å². The van der Waals surface area contributed by atoms with Crippen molar-refractivity contribution in [2.24, 2.45) is 11.8 Å². The highest BCUT2D eigenvalue weighted by Gasteiger charge is 2.29. The number of piperazine rings is 1. The second-order valence-corrected chi connectivity index (χ2v) is 6.09. The molecule has 2 aliphatic rings. The summed E-state index contributed by atoms with van der Waals surface area (Å²) in [5.74, 6) is 1.70. The molecule has 2 N–H and O–H groups in total. The molecule has 0 aromatic carbocycles. The lowest BCUT2D eigenvalue weighted by Gasteiger charge is -2.42. The molecule has 2 aliphatic heterocycles. The van der Waals surface area contributed by atoms with Crippen LogP contribution in [0.15, 0.2) is 0 Å². The van der Waals surface area contributed by atoms with E-state index in [1.165, 1.54) is 58.5 Å². The molecule has 2 heterocycles. The summed E-state index contributed by atoms with van der Waals surface area (Å²) in [5, 5.41) is 7.05. The van der Waals surface area contributed by atoms with E-state index in [2.05, 4.69) is 29.4 Å². The summed E-state index contributed by atoms with van der Waals surface area (Å²) >= 11 is 0. The average Bonchev–Trinajstić information content (AvgIpc) is 2.38. The fourth-order valence-corrected chi connectivity index (χ4v) is 3.34. The fraction of sp³-hybridized carbons (Fsp3) is 1.00. The van der Waals surface area contributed by atoms with Gasteiger partial charge in [0.25, 0.3) is 0 Å². The highest BCUT2D eigenvalue weighted by molar-refractivity contribution is 4.86. The molecule has 3 nitrogen and oxygen atoms in total. The van der Waals surface area contributed by atoms with Crippen molar-refractivity contribution in [3.05, 3.63) is 0 Å². The lowest BCUT2D eigenvalue weighted by atomic mass is 9.85. The van der Waals surface area contributed by atoms with Crippen molar-refractivity contribution in [3.63, 3.8) is 0 Å². The Balaban J connectivity index is 1.95. The van der Waals surface area contributed by atoms with Gasteiger partial charge in [-0.15, -0.1) is 0 Å². The maximum atomic E-state index is 3.59. The fourth-order valence-electron chi connectivity index (χ4n) is 3.34. The zero-order valence-electron chi connectivity index (χ0n) is 11.5. The highest BCUT2D eigenvalue weighted by atomic mass is 15.2. The predicted molar refractivity (Wildman–Crippen MR) is 73.3 cm³/mol. The van der Waals surface area contributed by atoms with Crippen LogP contribution < -0.4 is 10.6 Å². The van der Waals surface area contributed by atoms with E-state index < -0.39 is 0 Å². The average molecular weight is 239 g/mol. The Hall–Kier alpha value is -0.120. The molecular formula is C14H29N3. The van der Waals surface area contributed by atoms with Gasteiger partial charge in [0.15, 0.2) is 0 Å². The van der Waals surface area contributed by atoms with Crippen molar-refractivity contribution in [1.29, 1.82) is 0 Å². The molecule has 2 rings (SSSR count). The number of nitrogens with zero attached hydrogens (tertiary/aromatic N) is 1. The standard InChI is InChI=1S/C14H29N3/c1-12(2)10-14(13-4-3-5-16-11-13)17-8-6-15-7-9-17/h12-16H,3-11H2,1-2H3. The molecule has 0 bridgehead atoms. The zero-order chi connectivity index (χ0) is 12.1. The Kier molecular flexibility index (Phi) is 5.26. The molecule has 17 heavy (non-hydrogen) atoms. The Morgan fingerprint density at radius 1 is 1.12 bits per heavy atom. The van der Waals surface area contributed by atoms with Gasteiger partial charge in [-0.1, -0.05) is 13.8 Å². The summed E-state index contributed by atoms with van der Waals surface area (Å²) in [7, 11) is 0. The summed E-state index contributed by atoms with van der Waals surface area (Å²) < 4.78 is 0. The second kappa shape index (κ2) is 6.72. The van der Waals surface area contributed by atoms with Crippen molar-refractivity contribution >= 4 is 0 Å². The van der Waals surface area contributed by atoms with E-state index in [1.54, 1.807) is 0 Å². The van der Waals surface area contributed by atoms with Crippen LogP contribution in [-0.4, -0.2) is 50.2 Å². The summed E-state index contributed by atoms with van der Waals surface area (Å²) in [6, 6.07) is 0.810. The van der Waals surface area contributed by atoms with Crippen molar-refractivity contribution in [2.45, 2.75) is 39.2 Å². The van der Waals surface area contributed by atoms with Gasteiger partial charge in [-0.05, 0) is 44.2 Å². The van der Waals surface area contributed by atoms with Crippen LogP contribution in [0, 0.1) is 11.8 Å². The van der Waals surface area contributed by atoms with Crippen molar-refractivity contribution < 1.29 is 0 Å². The molecule has 0 radical (unpaired) electrons. The third-order valence-corrected chi connectivity index (χ3v) is 4.21. The third kappa shape index (κ3) is 3.94. The quantitative estimate of drug-likeness (QED) is 0.774. The largest absolute Gasteiger partial charge is 0.316 e. The molecule has 2 unspecified atom stereocenters. The van der Waals surface area contributed by atoms with Gasteiger partial charge in [0.2, 0.25) is 0 Å². The van der Waals surface area contributed by atoms with E-state index in [0.717, 1.165) is 17.9 Å². The molecule has 2 fully saturated rings. The number of hydrogen-bond donors (Lipinski definition) is 2. The first-order chi connectivity index (χ1) is 8.27. The van der Waals surface area contributed by atoms with Gasteiger partial charge >= 0.3 is 0 Å². The molecule has 0 aromatic heterocycles. The predicted octanol–water partition coefficient (Wildman–Crippen LogP) is 1.31. The monoisotopic (exact) mass is 239 g/mol. The van der Waals surface area contributed by atoms with Gasteiger partial charge in [-0.25, -0.2) is 0 Å². The van der Waals surface area contributed by atoms with Crippen LogP contribution in [0.1, 0.15) is 33.1 Å². The first kappa shape index (κ1) is 13.3. The molecule has 0 spiro atoms. The van der Waals surface area contributed by atoms with Crippen molar-refractivity contribution in [1.82, 2.24) is 15.5 Å². The maximum absolute atomic E-state index is 3.59. The molecule has 0 aliphatic carbocycles. The number of piperidine rings is 1.